The van der Waals surface area contributed by atoms with Crippen molar-refractivity contribution < 1.29 is 4.74 Å². The lowest BCUT2D eigenvalue weighted by molar-refractivity contribution is 0.0227. The van der Waals surface area contributed by atoms with Crippen LogP contribution in [-0.2, 0) is 4.74 Å². The molecule has 0 N–H and O–H groups in total. The largest absolute Gasteiger partial charge is 0.381 e. The van der Waals surface area contributed by atoms with E-state index >= 15 is 0 Å². The average Bonchev–Trinajstić information content (AvgIpc) is 2.19. The van der Waals surface area contributed by atoms with Gasteiger partial charge in [-0.3, -0.25) is 0 Å². The van der Waals surface area contributed by atoms with Crippen LogP contribution < -0.4 is 0 Å². The van der Waals surface area contributed by atoms with Crippen molar-refractivity contribution in [1.82, 2.24) is 0 Å². The van der Waals surface area contributed by atoms with Gasteiger partial charge in [0.05, 0.1) is 0 Å². The highest BCUT2D eigenvalue weighted by Crippen LogP contribution is 2.36. The Hall–Kier alpha value is 0.250. The number of hydrogen-bond donors (Lipinski definition) is 0. The number of ether oxygens (including phenoxy) is 1. The van der Waals surface area contributed by atoms with E-state index < -0.39 is 0 Å². The SMILES string of the molecule is ClC1CCCC(C2CCCOC2)C1. The summed E-state index contributed by atoms with van der Waals surface area (Å²) in [5.74, 6) is 1.67. The van der Waals surface area contributed by atoms with E-state index in [1.807, 2.05) is 0 Å². The Bertz CT molecular complexity index is 154. The fourth-order valence-electron chi connectivity index (χ4n) is 2.73. The maximum Gasteiger partial charge on any atom is 0.0496 e. The highest BCUT2D eigenvalue weighted by molar-refractivity contribution is 6.20. The first-order valence-electron chi connectivity index (χ1n) is 5.58. The van der Waals surface area contributed by atoms with Gasteiger partial charge in [0.15, 0.2) is 0 Å². The summed E-state index contributed by atoms with van der Waals surface area (Å²) in [5.41, 5.74) is 0. The first kappa shape index (κ1) is 9.79. The van der Waals surface area contributed by atoms with Gasteiger partial charge in [0.25, 0.3) is 0 Å². The third kappa shape index (κ3) is 2.60. The topological polar surface area (TPSA) is 9.23 Å². The molecule has 2 heteroatoms. The molecule has 1 nitrogen and oxygen atoms in total. The Balaban J connectivity index is 1.83. The molecule has 2 aliphatic rings. The monoisotopic (exact) mass is 202 g/mol. The third-order valence-corrected chi connectivity index (χ3v) is 3.91. The zero-order valence-corrected chi connectivity index (χ0v) is 8.93. The van der Waals surface area contributed by atoms with Gasteiger partial charge in [0.1, 0.15) is 0 Å². The third-order valence-electron chi connectivity index (χ3n) is 3.51. The molecule has 3 unspecified atom stereocenters. The standard InChI is InChI=1S/C11H19ClO/c12-11-5-1-3-9(7-11)10-4-2-6-13-8-10/h9-11H,1-8H2. The molecule has 1 aliphatic carbocycles. The molecule has 0 radical (unpaired) electrons. The van der Waals surface area contributed by atoms with Crippen LogP contribution in [0.15, 0.2) is 0 Å². The van der Waals surface area contributed by atoms with E-state index in [9.17, 15) is 0 Å². The van der Waals surface area contributed by atoms with Crippen LogP contribution in [0.3, 0.4) is 0 Å². The summed E-state index contributed by atoms with van der Waals surface area (Å²) in [5, 5.41) is 0.445. The lowest BCUT2D eigenvalue weighted by Gasteiger charge is -2.34. The molecule has 0 amide bonds. The quantitative estimate of drug-likeness (QED) is 0.594. The molecule has 1 aliphatic heterocycles. The number of hydrogen-bond acceptors (Lipinski definition) is 1. The first-order chi connectivity index (χ1) is 6.36. The molecular formula is C11H19ClO. The van der Waals surface area contributed by atoms with E-state index in [1.54, 1.807) is 0 Å². The van der Waals surface area contributed by atoms with Gasteiger partial charge in [0, 0.05) is 18.6 Å². The summed E-state index contributed by atoms with van der Waals surface area (Å²) in [4.78, 5) is 0. The number of rotatable bonds is 1. The zero-order chi connectivity index (χ0) is 9.10. The summed E-state index contributed by atoms with van der Waals surface area (Å²) >= 11 is 6.19. The summed E-state index contributed by atoms with van der Waals surface area (Å²) in [6, 6.07) is 0. The fourth-order valence-corrected chi connectivity index (χ4v) is 3.11. The Morgan fingerprint density at radius 1 is 1.00 bits per heavy atom. The van der Waals surface area contributed by atoms with E-state index in [4.69, 9.17) is 16.3 Å². The van der Waals surface area contributed by atoms with Crippen molar-refractivity contribution in [3.8, 4) is 0 Å². The van der Waals surface area contributed by atoms with Crippen LogP contribution in [0.4, 0.5) is 0 Å². The molecule has 2 rings (SSSR count). The molecule has 76 valence electrons. The zero-order valence-electron chi connectivity index (χ0n) is 8.18. The maximum absolute atomic E-state index is 6.19. The molecule has 0 bridgehead atoms. The van der Waals surface area contributed by atoms with E-state index in [2.05, 4.69) is 0 Å². The fraction of sp³-hybridized carbons (Fsp3) is 1.00. The van der Waals surface area contributed by atoms with Crippen molar-refractivity contribution in [2.45, 2.75) is 43.9 Å². The van der Waals surface area contributed by atoms with Crippen LogP contribution in [0, 0.1) is 11.8 Å². The van der Waals surface area contributed by atoms with Gasteiger partial charge < -0.3 is 4.74 Å². The summed E-state index contributed by atoms with van der Waals surface area (Å²) in [7, 11) is 0. The second kappa shape index (κ2) is 4.65. The van der Waals surface area contributed by atoms with Gasteiger partial charge in [-0.15, -0.1) is 11.6 Å². The highest BCUT2D eigenvalue weighted by Gasteiger charge is 2.28. The Kier molecular flexibility index (Phi) is 3.51. The van der Waals surface area contributed by atoms with E-state index in [-0.39, 0.29) is 0 Å². The lowest BCUT2D eigenvalue weighted by Crippen LogP contribution is -2.29. The second-order valence-electron chi connectivity index (χ2n) is 4.50. The molecule has 3 atom stereocenters. The minimum absolute atomic E-state index is 0.445. The van der Waals surface area contributed by atoms with Gasteiger partial charge in [-0.05, 0) is 43.9 Å². The first-order valence-corrected chi connectivity index (χ1v) is 6.01. The molecular weight excluding hydrogens is 184 g/mol. The van der Waals surface area contributed by atoms with Crippen LogP contribution in [0.5, 0.6) is 0 Å². The van der Waals surface area contributed by atoms with Gasteiger partial charge in [-0.2, -0.15) is 0 Å². The van der Waals surface area contributed by atoms with Gasteiger partial charge in [0.2, 0.25) is 0 Å². The Labute approximate surface area is 85.8 Å². The van der Waals surface area contributed by atoms with Crippen LogP contribution in [0.1, 0.15) is 38.5 Å². The normalized spacial score (nSPS) is 41.8. The van der Waals surface area contributed by atoms with E-state index in [1.165, 1.54) is 38.5 Å². The minimum atomic E-state index is 0.445. The molecule has 0 spiro atoms. The van der Waals surface area contributed by atoms with E-state index in [0.29, 0.717) is 5.38 Å². The second-order valence-corrected chi connectivity index (χ2v) is 5.12. The van der Waals surface area contributed by atoms with Crippen molar-refractivity contribution >= 4 is 11.6 Å². The van der Waals surface area contributed by atoms with Gasteiger partial charge in [-0.25, -0.2) is 0 Å². The van der Waals surface area contributed by atoms with Crippen LogP contribution in [0.2, 0.25) is 0 Å². The molecule has 0 aromatic carbocycles. The van der Waals surface area contributed by atoms with Crippen LogP contribution in [-0.4, -0.2) is 18.6 Å². The molecule has 0 aromatic heterocycles. The van der Waals surface area contributed by atoms with Gasteiger partial charge >= 0.3 is 0 Å². The molecule has 1 heterocycles. The molecule has 2 fully saturated rings. The summed E-state index contributed by atoms with van der Waals surface area (Å²) in [6.07, 6.45) is 7.80. The van der Waals surface area contributed by atoms with Crippen molar-refractivity contribution in [1.29, 1.82) is 0 Å². The maximum atomic E-state index is 6.19. The number of alkyl halides is 1. The van der Waals surface area contributed by atoms with Crippen molar-refractivity contribution in [2.75, 3.05) is 13.2 Å². The Morgan fingerprint density at radius 2 is 1.85 bits per heavy atom. The predicted molar refractivity (Wildman–Crippen MR) is 55.1 cm³/mol. The summed E-state index contributed by atoms with van der Waals surface area (Å²) in [6.45, 7) is 1.97. The van der Waals surface area contributed by atoms with Crippen LogP contribution in [0.25, 0.3) is 0 Å². The smallest absolute Gasteiger partial charge is 0.0496 e. The molecule has 1 saturated carbocycles. The van der Waals surface area contributed by atoms with Crippen molar-refractivity contribution in [2.24, 2.45) is 11.8 Å². The lowest BCUT2D eigenvalue weighted by atomic mass is 9.77. The molecule has 1 saturated heterocycles. The highest BCUT2D eigenvalue weighted by atomic mass is 35.5. The van der Waals surface area contributed by atoms with E-state index in [0.717, 1.165) is 25.0 Å². The summed E-state index contributed by atoms with van der Waals surface area (Å²) < 4.78 is 5.53. The van der Waals surface area contributed by atoms with Crippen molar-refractivity contribution in [3.63, 3.8) is 0 Å². The molecule has 0 aromatic rings. The predicted octanol–water partition coefficient (Wildman–Crippen LogP) is 3.21. The minimum Gasteiger partial charge on any atom is -0.381 e. The van der Waals surface area contributed by atoms with Crippen LogP contribution >= 0.6 is 11.6 Å². The van der Waals surface area contributed by atoms with Crippen molar-refractivity contribution in [3.05, 3.63) is 0 Å². The Morgan fingerprint density at radius 3 is 2.54 bits per heavy atom. The molecule has 13 heavy (non-hydrogen) atoms. The van der Waals surface area contributed by atoms with Gasteiger partial charge in [-0.1, -0.05) is 6.42 Å². The average molecular weight is 203 g/mol. The number of halogens is 1.